The normalized spacial score (nSPS) is 11.1. The highest BCUT2D eigenvalue weighted by molar-refractivity contribution is 7.92. The number of hydrogen-bond acceptors (Lipinski definition) is 3. The fourth-order valence-electron chi connectivity index (χ4n) is 0.991. The quantitative estimate of drug-likeness (QED) is 0.812. The molecule has 0 bridgehead atoms. The van der Waals surface area contributed by atoms with Crippen LogP contribution in [0.5, 0.6) is 0 Å². The van der Waals surface area contributed by atoms with E-state index in [2.05, 4.69) is 0 Å². The minimum Gasteiger partial charge on any atom is -0.478 e. The van der Waals surface area contributed by atoms with Crippen LogP contribution in [0, 0.1) is 5.82 Å². The monoisotopic (exact) mass is 233 g/mol. The van der Waals surface area contributed by atoms with E-state index >= 15 is 0 Å². The Morgan fingerprint density at radius 2 is 2.07 bits per heavy atom. The zero-order valence-electron chi connectivity index (χ0n) is 7.69. The largest absolute Gasteiger partial charge is 0.478 e. The summed E-state index contributed by atoms with van der Waals surface area (Å²) in [7, 11) is -3.71. The van der Waals surface area contributed by atoms with Crippen molar-refractivity contribution in [2.24, 2.45) is 0 Å². The predicted molar refractivity (Wildman–Crippen MR) is 51.8 cm³/mol. The van der Waals surface area contributed by atoms with Crippen LogP contribution in [0.15, 0.2) is 18.2 Å². The van der Waals surface area contributed by atoms with Crippen LogP contribution in [0.4, 0.5) is 10.1 Å². The molecule has 1 aromatic carbocycles. The molecule has 0 spiro atoms. The average Bonchev–Trinajstić information content (AvgIpc) is 2.05. The molecule has 0 saturated carbocycles. The molecule has 0 radical (unpaired) electrons. The van der Waals surface area contributed by atoms with Gasteiger partial charge in [0.15, 0.2) is 0 Å². The summed E-state index contributed by atoms with van der Waals surface area (Å²) in [4.78, 5) is 10.7. The number of para-hydroxylation sites is 1. The molecule has 82 valence electrons. The molecular weight excluding hydrogens is 225 g/mol. The van der Waals surface area contributed by atoms with E-state index in [9.17, 15) is 17.6 Å². The Morgan fingerprint density at radius 1 is 1.47 bits per heavy atom. The van der Waals surface area contributed by atoms with Crippen molar-refractivity contribution in [1.82, 2.24) is 0 Å². The summed E-state index contributed by atoms with van der Waals surface area (Å²) >= 11 is 0. The van der Waals surface area contributed by atoms with Gasteiger partial charge in [0.25, 0.3) is 0 Å². The standard InChI is InChI=1S/C8H8FNO4S/c1-15(13,14)10-7-5(8(11)12)3-2-4-6(7)9/h2-4,10H,1H3,(H,11,12). The van der Waals surface area contributed by atoms with Gasteiger partial charge in [-0.25, -0.2) is 17.6 Å². The van der Waals surface area contributed by atoms with Crippen LogP contribution >= 0.6 is 0 Å². The van der Waals surface area contributed by atoms with Crippen molar-refractivity contribution in [2.45, 2.75) is 0 Å². The molecule has 0 aliphatic heterocycles. The lowest BCUT2D eigenvalue weighted by Gasteiger charge is -2.08. The van der Waals surface area contributed by atoms with Crippen LogP contribution in [0.25, 0.3) is 0 Å². The molecule has 0 saturated heterocycles. The maximum atomic E-state index is 13.2. The van der Waals surface area contributed by atoms with Crippen LogP contribution in [-0.2, 0) is 10.0 Å². The molecule has 0 aliphatic carbocycles. The number of anilines is 1. The molecule has 0 unspecified atom stereocenters. The lowest BCUT2D eigenvalue weighted by molar-refractivity contribution is 0.0697. The Kier molecular flexibility index (Phi) is 2.94. The Labute approximate surface area is 85.6 Å². The van der Waals surface area contributed by atoms with Gasteiger partial charge in [0.05, 0.1) is 17.5 Å². The second kappa shape index (κ2) is 3.85. The summed E-state index contributed by atoms with van der Waals surface area (Å²) in [5, 5.41) is 8.69. The molecular formula is C8H8FNO4S. The van der Waals surface area contributed by atoms with E-state index in [-0.39, 0.29) is 0 Å². The van der Waals surface area contributed by atoms with Gasteiger partial charge in [-0.2, -0.15) is 0 Å². The Morgan fingerprint density at radius 3 is 2.53 bits per heavy atom. The van der Waals surface area contributed by atoms with Gasteiger partial charge in [-0.3, -0.25) is 4.72 Å². The number of aromatic carboxylic acids is 1. The van der Waals surface area contributed by atoms with Crippen LogP contribution in [-0.4, -0.2) is 25.7 Å². The van der Waals surface area contributed by atoms with Crippen molar-refractivity contribution in [3.63, 3.8) is 0 Å². The number of rotatable bonds is 3. The van der Waals surface area contributed by atoms with Crippen molar-refractivity contribution in [2.75, 3.05) is 11.0 Å². The number of nitrogens with one attached hydrogen (secondary N) is 1. The summed E-state index contributed by atoms with van der Waals surface area (Å²) < 4.78 is 36.7. The fourth-order valence-corrected chi connectivity index (χ4v) is 1.57. The summed E-state index contributed by atoms with van der Waals surface area (Å²) in [6, 6.07) is 3.27. The number of carbonyl (C=O) groups is 1. The van der Waals surface area contributed by atoms with E-state index in [1.807, 2.05) is 4.72 Å². The third-order valence-corrected chi connectivity index (χ3v) is 2.11. The molecule has 1 rings (SSSR count). The van der Waals surface area contributed by atoms with Gasteiger partial charge in [-0.1, -0.05) is 6.07 Å². The molecule has 2 N–H and O–H groups in total. The fraction of sp³-hybridized carbons (Fsp3) is 0.125. The molecule has 1 aromatic rings. The van der Waals surface area contributed by atoms with Crippen LogP contribution in [0.2, 0.25) is 0 Å². The summed E-state index contributed by atoms with van der Waals surface area (Å²) in [5.74, 6) is -2.33. The molecule has 15 heavy (non-hydrogen) atoms. The first-order valence-corrected chi connectivity index (χ1v) is 5.70. The Hall–Kier alpha value is -1.63. The third kappa shape index (κ3) is 2.91. The highest BCUT2D eigenvalue weighted by atomic mass is 32.2. The lowest BCUT2D eigenvalue weighted by Crippen LogP contribution is -2.14. The van der Waals surface area contributed by atoms with Gasteiger partial charge >= 0.3 is 5.97 Å². The number of sulfonamides is 1. The number of benzene rings is 1. The van der Waals surface area contributed by atoms with Gasteiger partial charge in [-0.05, 0) is 12.1 Å². The zero-order chi connectivity index (χ0) is 11.6. The number of carboxylic acids is 1. The van der Waals surface area contributed by atoms with E-state index in [1.165, 1.54) is 6.07 Å². The number of carboxylic acid groups (broad SMARTS) is 1. The summed E-state index contributed by atoms with van der Waals surface area (Å²) in [6.45, 7) is 0. The molecule has 5 nitrogen and oxygen atoms in total. The minimum absolute atomic E-state index is 0.430. The predicted octanol–water partition coefficient (Wildman–Crippen LogP) is 0.895. The maximum Gasteiger partial charge on any atom is 0.337 e. The summed E-state index contributed by atoms with van der Waals surface area (Å²) in [6.07, 6.45) is 0.811. The van der Waals surface area contributed by atoms with Crippen LogP contribution in [0.1, 0.15) is 10.4 Å². The average molecular weight is 233 g/mol. The van der Waals surface area contributed by atoms with Crippen LogP contribution < -0.4 is 4.72 Å². The summed E-state index contributed by atoms with van der Waals surface area (Å²) in [5.41, 5.74) is -0.979. The molecule has 0 fully saturated rings. The van der Waals surface area contributed by atoms with Gasteiger partial charge < -0.3 is 5.11 Å². The zero-order valence-corrected chi connectivity index (χ0v) is 8.51. The first-order chi connectivity index (χ1) is 6.81. The highest BCUT2D eigenvalue weighted by Gasteiger charge is 2.16. The molecule has 7 heteroatoms. The highest BCUT2D eigenvalue weighted by Crippen LogP contribution is 2.20. The minimum atomic E-state index is -3.71. The number of hydrogen-bond donors (Lipinski definition) is 2. The van der Waals surface area contributed by atoms with E-state index in [1.54, 1.807) is 0 Å². The first-order valence-electron chi connectivity index (χ1n) is 3.81. The Bertz CT molecular complexity index is 497. The van der Waals surface area contributed by atoms with Crippen LogP contribution in [0.3, 0.4) is 0 Å². The number of halogens is 1. The third-order valence-electron chi connectivity index (χ3n) is 1.53. The second-order valence-corrected chi connectivity index (χ2v) is 4.59. The van der Waals surface area contributed by atoms with Crippen molar-refractivity contribution in [1.29, 1.82) is 0 Å². The topological polar surface area (TPSA) is 83.5 Å². The van der Waals surface area contributed by atoms with E-state index < -0.39 is 33.1 Å². The maximum absolute atomic E-state index is 13.2. The molecule has 0 heterocycles. The first kappa shape index (κ1) is 11.4. The van der Waals surface area contributed by atoms with E-state index in [0.29, 0.717) is 0 Å². The molecule has 0 aliphatic rings. The van der Waals surface area contributed by atoms with Crippen molar-refractivity contribution in [3.05, 3.63) is 29.6 Å². The van der Waals surface area contributed by atoms with Crippen molar-refractivity contribution < 1.29 is 22.7 Å². The SMILES string of the molecule is CS(=O)(=O)Nc1c(F)cccc1C(=O)O. The second-order valence-electron chi connectivity index (χ2n) is 2.84. The molecule has 0 aromatic heterocycles. The van der Waals surface area contributed by atoms with E-state index in [0.717, 1.165) is 18.4 Å². The van der Waals surface area contributed by atoms with Crippen molar-refractivity contribution >= 4 is 21.7 Å². The van der Waals surface area contributed by atoms with Gasteiger partial charge in [0.2, 0.25) is 10.0 Å². The van der Waals surface area contributed by atoms with Gasteiger partial charge in [0.1, 0.15) is 5.82 Å². The lowest BCUT2D eigenvalue weighted by atomic mass is 10.2. The van der Waals surface area contributed by atoms with E-state index in [4.69, 9.17) is 5.11 Å². The molecule has 0 atom stereocenters. The smallest absolute Gasteiger partial charge is 0.337 e. The molecule has 0 amide bonds. The van der Waals surface area contributed by atoms with Gasteiger partial charge in [0, 0.05) is 0 Å². The Balaban J connectivity index is 3.32. The van der Waals surface area contributed by atoms with Crippen molar-refractivity contribution in [3.8, 4) is 0 Å². The van der Waals surface area contributed by atoms with Gasteiger partial charge in [-0.15, -0.1) is 0 Å².